The predicted octanol–water partition coefficient (Wildman–Crippen LogP) is 3.82. The summed E-state index contributed by atoms with van der Waals surface area (Å²) in [5, 5.41) is 0. The maximum atomic E-state index is 11.5. The van der Waals surface area contributed by atoms with Gasteiger partial charge in [0, 0.05) is 0 Å². The normalized spacial score (nSPS) is 11.3. The molecule has 0 aliphatic heterocycles. The quantitative estimate of drug-likeness (QED) is 0.697. The molecule has 2 heteroatoms. The third-order valence-electron chi connectivity index (χ3n) is 2.46. The van der Waals surface area contributed by atoms with Crippen LogP contribution in [0.1, 0.15) is 38.7 Å². The van der Waals surface area contributed by atoms with Crippen LogP contribution < -0.4 is 0 Å². The van der Waals surface area contributed by atoms with E-state index in [2.05, 4.69) is 13.0 Å². The molecule has 0 fully saturated rings. The first-order chi connectivity index (χ1) is 8.27. The van der Waals surface area contributed by atoms with E-state index in [9.17, 15) is 4.79 Å². The maximum Gasteiger partial charge on any atom is 0.310 e. The van der Waals surface area contributed by atoms with E-state index >= 15 is 0 Å². The van der Waals surface area contributed by atoms with Crippen LogP contribution in [0.3, 0.4) is 0 Å². The molecular formula is C15H20O2. The van der Waals surface area contributed by atoms with Crippen molar-refractivity contribution in [2.45, 2.75) is 33.1 Å². The first-order valence-corrected chi connectivity index (χ1v) is 6.18. The summed E-state index contributed by atoms with van der Waals surface area (Å²) in [5.41, 5.74) is 2.17. The Bertz CT molecular complexity index is 366. The minimum atomic E-state index is -0.154. The van der Waals surface area contributed by atoms with Gasteiger partial charge in [-0.2, -0.15) is 0 Å². The molecule has 1 rings (SSSR count). The highest BCUT2D eigenvalue weighted by molar-refractivity contribution is 5.85. The molecule has 92 valence electrons. The summed E-state index contributed by atoms with van der Waals surface area (Å²) in [7, 11) is 0. The van der Waals surface area contributed by atoms with Crippen molar-refractivity contribution < 1.29 is 9.53 Å². The van der Waals surface area contributed by atoms with Crippen LogP contribution in [-0.4, -0.2) is 12.6 Å². The second-order valence-electron chi connectivity index (χ2n) is 3.87. The Balaban J connectivity index is 2.78. The number of benzene rings is 1. The summed E-state index contributed by atoms with van der Waals surface area (Å²) in [6, 6.07) is 10.0. The van der Waals surface area contributed by atoms with Gasteiger partial charge >= 0.3 is 5.97 Å². The molecule has 0 amide bonds. The Morgan fingerprint density at radius 1 is 1.24 bits per heavy atom. The Kier molecular flexibility index (Phi) is 6.08. The van der Waals surface area contributed by atoms with Crippen molar-refractivity contribution in [3.05, 3.63) is 42.0 Å². The lowest BCUT2D eigenvalue weighted by Crippen LogP contribution is -2.04. The lowest BCUT2D eigenvalue weighted by Gasteiger charge is -2.07. The van der Waals surface area contributed by atoms with E-state index in [4.69, 9.17) is 4.74 Å². The monoisotopic (exact) mass is 232 g/mol. The highest BCUT2D eigenvalue weighted by atomic mass is 16.5. The van der Waals surface area contributed by atoms with Gasteiger partial charge in [-0.25, -0.2) is 0 Å². The minimum absolute atomic E-state index is 0.154. The highest BCUT2D eigenvalue weighted by Crippen LogP contribution is 2.19. The average Bonchev–Trinajstić information content (AvgIpc) is 2.36. The van der Waals surface area contributed by atoms with Crippen molar-refractivity contribution >= 4 is 11.5 Å². The van der Waals surface area contributed by atoms with Crippen LogP contribution in [0.25, 0.3) is 5.57 Å². The van der Waals surface area contributed by atoms with Crippen molar-refractivity contribution in [1.82, 2.24) is 0 Å². The molecule has 0 N–H and O–H groups in total. The van der Waals surface area contributed by atoms with Crippen LogP contribution in [0, 0.1) is 0 Å². The largest absolute Gasteiger partial charge is 0.466 e. The minimum Gasteiger partial charge on any atom is -0.466 e. The molecule has 0 unspecified atom stereocenters. The number of carbonyl (C=O) groups excluding carboxylic acids is 1. The van der Waals surface area contributed by atoms with Gasteiger partial charge in [-0.3, -0.25) is 4.79 Å². The fraction of sp³-hybridized carbons (Fsp3) is 0.400. The van der Waals surface area contributed by atoms with Gasteiger partial charge in [-0.1, -0.05) is 49.8 Å². The molecule has 0 spiro atoms. The van der Waals surface area contributed by atoms with Crippen LogP contribution in [0.5, 0.6) is 0 Å². The van der Waals surface area contributed by atoms with E-state index in [1.54, 1.807) is 0 Å². The molecule has 0 saturated carbocycles. The van der Waals surface area contributed by atoms with E-state index < -0.39 is 0 Å². The van der Waals surface area contributed by atoms with Crippen LogP contribution in [0.15, 0.2) is 36.4 Å². The Morgan fingerprint density at radius 2 is 1.94 bits per heavy atom. The molecular weight excluding hydrogens is 212 g/mol. The van der Waals surface area contributed by atoms with Gasteiger partial charge in [-0.05, 0) is 24.5 Å². The number of carbonyl (C=O) groups is 1. The Hall–Kier alpha value is -1.57. The summed E-state index contributed by atoms with van der Waals surface area (Å²) in [6.45, 7) is 4.40. The number of hydrogen-bond acceptors (Lipinski definition) is 2. The number of unbranched alkanes of at least 4 members (excludes halogenated alkanes) is 1. The van der Waals surface area contributed by atoms with Crippen molar-refractivity contribution in [2.24, 2.45) is 0 Å². The summed E-state index contributed by atoms with van der Waals surface area (Å²) < 4.78 is 4.99. The fourth-order valence-electron chi connectivity index (χ4n) is 1.63. The Morgan fingerprint density at radius 3 is 2.53 bits per heavy atom. The SMILES string of the molecule is CCC/C=C(\CC(=O)OCC)c1ccccc1. The van der Waals surface area contributed by atoms with E-state index in [-0.39, 0.29) is 5.97 Å². The molecule has 1 aromatic carbocycles. The third-order valence-corrected chi connectivity index (χ3v) is 2.46. The predicted molar refractivity (Wildman–Crippen MR) is 70.6 cm³/mol. The van der Waals surface area contributed by atoms with Crippen LogP contribution in [0.2, 0.25) is 0 Å². The smallest absolute Gasteiger partial charge is 0.310 e. The van der Waals surface area contributed by atoms with Crippen LogP contribution in [-0.2, 0) is 9.53 Å². The van der Waals surface area contributed by atoms with E-state index in [1.165, 1.54) is 0 Å². The van der Waals surface area contributed by atoms with Crippen molar-refractivity contribution in [2.75, 3.05) is 6.61 Å². The summed E-state index contributed by atoms with van der Waals surface area (Å²) >= 11 is 0. The summed E-state index contributed by atoms with van der Waals surface area (Å²) in [6.07, 6.45) is 4.56. The standard InChI is InChI=1S/C15H20O2/c1-3-5-9-14(12-15(16)17-4-2)13-10-7-6-8-11-13/h6-11H,3-5,12H2,1-2H3/b14-9+. The molecule has 0 aromatic heterocycles. The second-order valence-corrected chi connectivity index (χ2v) is 3.87. The number of esters is 1. The van der Waals surface area contributed by atoms with Gasteiger partial charge in [0.1, 0.15) is 0 Å². The van der Waals surface area contributed by atoms with Gasteiger partial charge in [-0.15, -0.1) is 0 Å². The molecule has 2 nitrogen and oxygen atoms in total. The number of hydrogen-bond donors (Lipinski definition) is 0. The van der Waals surface area contributed by atoms with Gasteiger partial charge in [0.15, 0.2) is 0 Å². The summed E-state index contributed by atoms with van der Waals surface area (Å²) in [4.78, 5) is 11.5. The van der Waals surface area contributed by atoms with Gasteiger partial charge in [0.05, 0.1) is 13.0 Å². The zero-order chi connectivity index (χ0) is 12.5. The molecule has 0 bridgehead atoms. The lowest BCUT2D eigenvalue weighted by molar-refractivity contribution is -0.141. The van der Waals surface area contributed by atoms with Crippen molar-refractivity contribution in [3.63, 3.8) is 0 Å². The number of allylic oxidation sites excluding steroid dienone is 1. The summed E-state index contributed by atoms with van der Waals surface area (Å²) in [5.74, 6) is -0.154. The average molecular weight is 232 g/mol. The van der Waals surface area contributed by atoms with Crippen LogP contribution >= 0.6 is 0 Å². The molecule has 0 aliphatic rings. The molecule has 0 aliphatic carbocycles. The third kappa shape index (κ3) is 4.85. The molecule has 1 aromatic rings. The van der Waals surface area contributed by atoms with Crippen molar-refractivity contribution in [1.29, 1.82) is 0 Å². The van der Waals surface area contributed by atoms with E-state index in [0.717, 1.165) is 24.0 Å². The first kappa shape index (κ1) is 13.5. The first-order valence-electron chi connectivity index (χ1n) is 6.18. The lowest BCUT2D eigenvalue weighted by atomic mass is 10.0. The van der Waals surface area contributed by atoms with Crippen LogP contribution in [0.4, 0.5) is 0 Å². The second kappa shape index (κ2) is 7.66. The number of rotatable bonds is 6. The highest BCUT2D eigenvalue weighted by Gasteiger charge is 2.08. The topological polar surface area (TPSA) is 26.3 Å². The zero-order valence-electron chi connectivity index (χ0n) is 10.6. The zero-order valence-corrected chi connectivity index (χ0v) is 10.6. The molecule has 0 saturated heterocycles. The van der Waals surface area contributed by atoms with Gasteiger partial charge in [0.25, 0.3) is 0 Å². The maximum absolute atomic E-state index is 11.5. The molecule has 17 heavy (non-hydrogen) atoms. The van der Waals surface area contributed by atoms with Crippen molar-refractivity contribution in [3.8, 4) is 0 Å². The van der Waals surface area contributed by atoms with E-state index in [0.29, 0.717) is 13.0 Å². The van der Waals surface area contributed by atoms with Gasteiger partial charge in [0.2, 0.25) is 0 Å². The Labute approximate surface area is 103 Å². The van der Waals surface area contributed by atoms with E-state index in [1.807, 2.05) is 37.3 Å². The molecule has 0 atom stereocenters. The van der Waals surface area contributed by atoms with Gasteiger partial charge < -0.3 is 4.74 Å². The molecule has 0 heterocycles. The molecule has 0 radical (unpaired) electrons. The number of ether oxygens (including phenoxy) is 1. The fourth-order valence-corrected chi connectivity index (χ4v) is 1.63.